The van der Waals surface area contributed by atoms with E-state index in [-0.39, 0.29) is 11.3 Å². The Morgan fingerprint density at radius 3 is 2.11 bits per heavy atom. The summed E-state index contributed by atoms with van der Waals surface area (Å²) in [6.07, 6.45) is 0. The minimum absolute atomic E-state index is 0.0482. The van der Waals surface area contributed by atoms with Crippen LogP contribution in [0.3, 0.4) is 0 Å². The Balaban J connectivity index is 1.87. The maximum atomic E-state index is 13.2. The first-order valence-electron chi connectivity index (χ1n) is 10.8. The molecule has 1 N–H and O–H groups in total. The molecule has 3 aromatic rings. The number of benzene rings is 3. The highest BCUT2D eigenvalue weighted by Crippen LogP contribution is 2.42. The monoisotopic (exact) mass is 535 g/mol. The molecule has 0 bridgehead atoms. The highest BCUT2D eigenvalue weighted by molar-refractivity contribution is 9.10. The van der Waals surface area contributed by atoms with Gasteiger partial charge in [0, 0.05) is 15.7 Å². The van der Waals surface area contributed by atoms with Gasteiger partial charge in [0.2, 0.25) is 0 Å². The molecule has 1 aliphatic rings. The van der Waals surface area contributed by atoms with Gasteiger partial charge in [-0.15, -0.1) is 0 Å². The molecule has 1 fully saturated rings. The number of methoxy groups -OCH3 is 1. The van der Waals surface area contributed by atoms with Crippen LogP contribution in [0.4, 0.5) is 5.69 Å². The quantitative estimate of drug-likeness (QED) is 0.200. The van der Waals surface area contributed by atoms with Gasteiger partial charge in [0.25, 0.3) is 11.7 Å². The summed E-state index contributed by atoms with van der Waals surface area (Å²) in [5, 5.41) is 11.2. The molecule has 8 heteroatoms. The number of esters is 1. The molecule has 178 valence electrons. The second kappa shape index (κ2) is 10.1. The number of carbonyl (C=O) groups is 3. The molecule has 1 saturated heterocycles. The topological polar surface area (TPSA) is 93.1 Å². The average molecular weight is 536 g/mol. The van der Waals surface area contributed by atoms with Crippen LogP contribution in [-0.4, -0.2) is 36.5 Å². The van der Waals surface area contributed by atoms with Crippen LogP contribution >= 0.6 is 15.9 Å². The molecule has 0 aromatic heterocycles. The molecular formula is C27H22BrNO6. The largest absolute Gasteiger partial charge is 0.507 e. The number of amides is 1. The van der Waals surface area contributed by atoms with E-state index in [0.29, 0.717) is 34.7 Å². The number of anilines is 1. The number of hydrogen-bond acceptors (Lipinski definition) is 6. The third-order valence-electron chi connectivity index (χ3n) is 5.64. The lowest BCUT2D eigenvalue weighted by Crippen LogP contribution is -2.29. The molecule has 1 atom stereocenters. The van der Waals surface area contributed by atoms with Gasteiger partial charge in [-0.25, -0.2) is 4.79 Å². The van der Waals surface area contributed by atoms with Crippen molar-refractivity contribution in [3.05, 3.63) is 99.5 Å². The number of aliphatic hydroxyl groups excluding tert-OH is 1. The lowest BCUT2D eigenvalue weighted by molar-refractivity contribution is -0.132. The van der Waals surface area contributed by atoms with Crippen molar-refractivity contribution >= 4 is 45.0 Å². The van der Waals surface area contributed by atoms with Crippen LogP contribution in [0.25, 0.3) is 5.76 Å². The van der Waals surface area contributed by atoms with Gasteiger partial charge < -0.3 is 14.6 Å². The summed E-state index contributed by atoms with van der Waals surface area (Å²) < 4.78 is 11.0. The second-order valence-electron chi connectivity index (χ2n) is 7.72. The predicted molar refractivity (Wildman–Crippen MR) is 134 cm³/mol. The Labute approximate surface area is 210 Å². The summed E-state index contributed by atoms with van der Waals surface area (Å²) in [4.78, 5) is 39.7. The molecule has 1 heterocycles. The Morgan fingerprint density at radius 2 is 1.54 bits per heavy atom. The van der Waals surface area contributed by atoms with Gasteiger partial charge in [0.1, 0.15) is 11.5 Å². The molecule has 35 heavy (non-hydrogen) atoms. The number of ether oxygens (including phenoxy) is 2. The number of hydrogen-bond donors (Lipinski definition) is 1. The fourth-order valence-corrected chi connectivity index (χ4v) is 4.23. The van der Waals surface area contributed by atoms with Crippen LogP contribution in [-0.2, 0) is 14.3 Å². The standard InChI is InChI=1S/C27H22BrNO6/c1-3-35-21-14-8-17(9-15-21)24(30)22-23(16-4-6-18(7-5-16)27(33)34-2)29(26(32)25(22)31)20-12-10-19(28)11-13-20/h4-15,23,30H,3H2,1-2H3/b24-22-. The fraction of sp³-hybridized carbons (Fsp3) is 0.148. The molecule has 0 radical (unpaired) electrons. The van der Waals surface area contributed by atoms with E-state index in [1.807, 2.05) is 6.92 Å². The maximum absolute atomic E-state index is 13.2. The van der Waals surface area contributed by atoms with E-state index in [1.165, 1.54) is 12.0 Å². The molecule has 7 nitrogen and oxygen atoms in total. The van der Waals surface area contributed by atoms with E-state index < -0.39 is 23.7 Å². The third-order valence-corrected chi connectivity index (χ3v) is 6.16. The zero-order valence-electron chi connectivity index (χ0n) is 19.0. The Hall–Kier alpha value is -3.91. The molecule has 0 aliphatic carbocycles. The normalized spacial score (nSPS) is 16.9. The average Bonchev–Trinajstić information content (AvgIpc) is 3.14. The third kappa shape index (κ3) is 4.70. The number of carbonyl (C=O) groups excluding carboxylic acids is 3. The summed E-state index contributed by atoms with van der Waals surface area (Å²) in [7, 11) is 1.29. The number of aliphatic hydroxyl groups is 1. The number of rotatable bonds is 6. The van der Waals surface area contributed by atoms with Crippen LogP contribution in [0.1, 0.15) is 34.5 Å². The van der Waals surface area contributed by atoms with Crippen molar-refractivity contribution in [2.45, 2.75) is 13.0 Å². The first-order valence-corrected chi connectivity index (χ1v) is 11.6. The molecule has 0 spiro atoms. The molecule has 0 saturated carbocycles. The van der Waals surface area contributed by atoms with Gasteiger partial charge >= 0.3 is 5.97 Å². The van der Waals surface area contributed by atoms with Gasteiger partial charge in [-0.2, -0.15) is 0 Å². The van der Waals surface area contributed by atoms with E-state index in [0.717, 1.165) is 4.47 Å². The summed E-state index contributed by atoms with van der Waals surface area (Å²) in [6.45, 7) is 2.36. The van der Waals surface area contributed by atoms with Crippen LogP contribution < -0.4 is 9.64 Å². The molecule has 1 unspecified atom stereocenters. The summed E-state index contributed by atoms with van der Waals surface area (Å²) in [5.41, 5.74) is 1.69. The molecule has 1 amide bonds. The second-order valence-corrected chi connectivity index (χ2v) is 8.63. The maximum Gasteiger partial charge on any atom is 0.337 e. The fourth-order valence-electron chi connectivity index (χ4n) is 3.97. The Kier molecular flexibility index (Phi) is 7.02. The van der Waals surface area contributed by atoms with Gasteiger partial charge in [-0.05, 0) is 73.2 Å². The first-order chi connectivity index (χ1) is 16.8. The molecular weight excluding hydrogens is 514 g/mol. The lowest BCUT2D eigenvalue weighted by atomic mass is 9.94. The summed E-state index contributed by atoms with van der Waals surface area (Å²) in [6, 6.07) is 19.1. The van der Waals surface area contributed by atoms with E-state index in [9.17, 15) is 19.5 Å². The first kappa shape index (κ1) is 24.2. The lowest BCUT2D eigenvalue weighted by Gasteiger charge is -2.25. The Bertz CT molecular complexity index is 1300. The van der Waals surface area contributed by atoms with Crippen LogP contribution in [0.2, 0.25) is 0 Å². The predicted octanol–water partition coefficient (Wildman–Crippen LogP) is 5.26. The zero-order valence-corrected chi connectivity index (χ0v) is 20.6. The van der Waals surface area contributed by atoms with E-state index in [2.05, 4.69) is 15.9 Å². The zero-order chi connectivity index (χ0) is 25.1. The van der Waals surface area contributed by atoms with Crippen LogP contribution in [0.15, 0.2) is 82.8 Å². The van der Waals surface area contributed by atoms with Gasteiger partial charge in [0.05, 0.1) is 30.9 Å². The number of nitrogens with zero attached hydrogens (tertiary/aromatic N) is 1. The smallest absolute Gasteiger partial charge is 0.337 e. The van der Waals surface area contributed by atoms with Crippen molar-refractivity contribution in [3.63, 3.8) is 0 Å². The highest BCUT2D eigenvalue weighted by Gasteiger charge is 2.47. The molecule has 3 aromatic carbocycles. The minimum Gasteiger partial charge on any atom is -0.507 e. The van der Waals surface area contributed by atoms with E-state index >= 15 is 0 Å². The van der Waals surface area contributed by atoms with Crippen LogP contribution in [0.5, 0.6) is 5.75 Å². The van der Waals surface area contributed by atoms with Crippen molar-refractivity contribution in [2.24, 2.45) is 0 Å². The van der Waals surface area contributed by atoms with Crippen molar-refractivity contribution in [1.29, 1.82) is 0 Å². The number of halogens is 1. The summed E-state index contributed by atoms with van der Waals surface area (Å²) in [5.74, 6) is -1.75. The van der Waals surface area contributed by atoms with E-state index in [4.69, 9.17) is 9.47 Å². The number of ketones is 1. The van der Waals surface area contributed by atoms with Gasteiger partial charge in [-0.1, -0.05) is 28.1 Å². The van der Waals surface area contributed by atoms with Gasteiger partial charge in [0.15, 0.2) is 0 Å². The SMILES string of the molecule is CCOc1ccc(/C(O)=C2/C(=O)C(=O)N(c3ccc(Br)cc3)C2c2ccc(C(=O)OC)cc2)cc1. The number of Topliss-reactive ketones (excluding diaryl/α,β-unsaturated/α-hetero) is 1. The van der Waals surface area contributed by atoms with Crippen molar-refractivity contribution in [2.75, 3.05) is 18.6 Å². The van der Waals surface area contributed by atoms with E-state index in [1.54, 1.807) is 72.8 Å². The van der Waals surface area contributed by atoms with Crippen molar-refractivity contribution < 1.29 is 29.0 Å². The molecule has 1 aliphatic heterocycles. The van der Waals surface area contributed by atoms with Crippen LogP contribution in [0, 0.1) is 0 Å². The minimum atomic E-state index is -0.908. The molecule has 4 rings (SSSR count). The summed E-state index contributed by atoms with van der Waals surface area (Å²) >= 11 is 3.38. The van der Waals surface area contributed by atoms with Crippen molar-refractivity contribution in [3.8, 4) is 5.75 Å². The Morgan fingerprint density at radius 1 is 0.943 bits per heavy atom. The highest BCUT2D eigenvalue weighted by atomic mass is 79.9. The van der Waals surface area contributed by atoms with Crippen molar-refractivity contribution in [1.82, 2.24) is 0 Å². The van der Waals surface area contributed by atoms with Gasteiger partial charge in [-0.3, -0.25) is 14.5 Å².